The van der Waals surface area contributed by atoms with Crippen LogP contribution in [-0.2, 0) is 4.79 Å². The maximum atomic E-state index is 13.1. The monoisotopic (exact) mass is 390 g/mol. The Kier molecular flexibility index (Phi) is 5.54. The van der Waals surface area contributed by atoms with E-state index in [9.17, 15) is 9.18 Å². The third kappa shape index (κ3) is 4.39. The molecule has 0 bridgehead atoms. The lowest BCUT2D eigenvalue weighted by molar-refractivity contribution is -0.118. The first kappa shape index (κ1) is 18.4. The number of ether oxygens (including phenoxy) is 1. The molecule has 0 fully saturated rings. The van der Waals surface area contributed by atoms with Crippen molar-refractivity contribution in [3.05, 3.63) is 63.7 Å². The lowest BCUT2D eigenvalue weighted by atomic mass is 10.1. The average molecular weight is 391 g/mol. The number of rotatable bonds is 5. The van der Waals surface area contributed by atoms with Gasteiger partial charge in [0.2, 0.25) is 0 Å². The predicted octanol–water partition coefficient (Wildman–Crippen LogP) is 5.24. The first-order valence-corrected chi connectivity index (χ1v) is 9.04. The molecule has 0 spiro atoms. The van der Waals surface area contributed by atoms with Crippen LogP contribution in [0, 0.1) is 19.7 Å². The number of nitrogens with zero attached hydrogens (tertiary/aromatic N) is 1. The summed E-state index contributed by atoms with van der Waals surface area (Å²) in [7, 11) is 0. The van der Waals surface area contributed by atoms with Gasteiger partial charge in [-0.15, -0.1) is 11.3 Å². The van der Waals surface area contributed by atoms with E-state index in [1.165, 1.54) is 23.5 Å². The molecule has 2 aromatic carbocycles. The highest BCUT2D eigenvalue weighted by molar-refractivity contribution is 7.16. The van der Waals surface area contributed by atoms with Gasteiger partial charge in [-0.2, -0.15) is 0 Å². The summed E-state index contributed by atoms with van der Waals surface area (Å²) in [6.07, 6.45) is 0. The fourth-order valence-electron chi connectivity index (χ4n) is 2.34. The molecule has 0 unspecified atom stereocenters. The van der Waals surface area contributed by atoms with Gasteiger partial charge in [-0.25, -0.2) is 9.37 Å². The molecule has 0 atom stereocenters. The number of amides is 1. The number of halogens is 2. The van der Waals surface area contributed by atoms with Crippen LogP contribution in [0.3, 0.4) is 0 Å². The van der Waals surface area contributed by atoms with Gasteiger partial charge >= 0.3 is 0 Å². The number of nitrogens with one attached hydrogen (secondary N) is 1. The molecule has 1 N–H and O–H groups in total. The zero-order valence-corrected chi connectivity index (χ0v) is 15.7. The number of thiazole rings is 1. The smallest absolute Gasteiger partial charge is 0.264 e. The summed E-state index contributed by atoms with van der Waals surface area (Å²) in [4.78, 5) is 17.4. The van der Waals surface area contributed by atoms with Crippen LogP contribution in [0.1, 0.15) is 10.4 Å². The van der Waals surface area contributed by atoms with Gasteiger partial charge in [0.25, 0.3) is 5.91 Å². The van der Waals surface area contributed by atoms with Crippen molar-refractivity contribution in [3.8, 4) is 17.0 Å². The molecule has 0 saturated heterocycles. The van der Waals surface area contributed by atoms with E-state index in [0.29, 0.717) is 15.9 Å². The number of anilines is 1. The summed E-state index contributed by atoms with van der Waals surface area (Å²) < 4.78 is 18.5. The molecule has 134 valence electrons. The minimum Gasteiger partial charge on any atom is -0.484 e. The highest BCUT2D eigenvalue weighted by Crippen LogP contribution is 2.30. The van der Waals surface area contributed by atoms with Gasteiger partial charge in [-0.3, -0.25) is 10.1 Å². The molecule has 7 heteroatoms. The van der Waals surface area contributed by atoms with Crippen molar-refractivity contribution < 1.29 is 13.9 Å². The van der Waals surface area contributed by atoms with Crippen molar-refractivity contribution in [2.24, 2.45) is 0 Å². The maximum absolute atomic E-state index is 13.1. The highest BCUT2D eigenvalue weighted by Gasteiger charge is 2.13. The fourth-order valence-corrected chi connectivity index (χ4v) is 3.31. The molecule has 3 rings (SSSR count). The third-order valence-corrected chi connectivity index (χ3v) is 4.97. The topological polar surface area (TPSA) is 51.2 Å². The maximum Gasteiger partial charge on any atom is 0.264 e. The Balaban J connectivity index is 1.63. The lowest BCUT2D eigenvalue weighted by Gasteiger charge is -2.07. The Bertz CT molecular complexity index is 941. The van der Waals surface area contributed by atoms with E-state index < -0.39 is 0 Å². The van der Waals surface area contributed by atoms with Crippen LogP contribution in [0.25, 0.3) is 11.3 Å². The Morgan fingerprint density at radius 1 is 1.23 bits per heavy atom. The van der Waals surface area contributed by atoms with Gasteiger partial charge in [-0.1, -0.05) is 11.6 Å². The van der Waals surface area contributed by atoms with Crippen LogP contribution in [0.5, 0.6) is 5.75 Å². The minimum atomic E-state index is -0.308. The molecular formula is C19H16ClFN2O2S. The molecule has 0 aliphatic rings. The SMILES string of the molecule is Cc1cc(OCC(=O)Nc2nc(-c3ccc(F)cc3)c(C)s2)ccc1Cl. The molecule has 26 heavy (non-hydrogen) atoms. The number of hydrogen-bond donors (Lipinski definition) is 1. The van der Waals surface area contributed by atoms with Crippen LogP contribution in [0.15, 0.2) is 42.5 Å². The Labute approximate surface area is 159 Å². The van der Waals surface area contributed by atoms with Crippen molar-refractivity contribution in [2.45, 2.75) is 13.8 Å². The largest absolute Gasteiger partial charge is 0.484 e. The van der Waals surface area contributed by atoms with Gasteiger partial charge in [0.15, 0.2) is 11.7 Å². The third-order valence-electron chi connectivity index (χ3n) is 3.66. The molecule has 1 heterocycles. The standard InChI is InChI=1S/C19H16ClFN2O2S/c1-11-9-15(7-8-16(11)20)25-10-17(24)22-19-23-18(12(2)26-19)13-3-5-14(21)6-4-13/h3-9H,10H2,1-2H3,(H,22,23,24). The van der Waals surface area contributed by atoms with Gasteiger partial charge < -0.3 is 4.74 Å². The summed E-state index contributed by atoms with van der Waals surface area (Å²) in [5.74, 6) is -0.0360. The normalized spacial score (nSPS) is 10.6. The van der Waals surface area contributed by atoms with E-state index >= 15 is 0 Å². The van der Waals surface area contributed by atoms with E-state index in [-0.39, 0.29) is 18.3 Å². The molecule has 0 aliphatic carbocycles. The van der Waals surface area contributed by atoms with E-state index in [4.69, 9.17) is 16.3 Å². The molecular weight excluding hydrogens is 375 g/mol. The molecule has 3 aromatic rings. The number of hydrogen-bond acceptors (Lipinski definition) is 4. The minimum absolute atomic E-state index is 0.133. The molecule has 0 aliphatic heterocycles. The number of aryl methyl sites for hydroxylation is 2. The number of carbonyl (C=O) groups excluding carboxylic acids is 1. The predicted molar refractivity (Wildman–Crippen MR) is 103 cm³/mol. The van der Waals surface area contributed by atoms with Gasteiger partial charge in [0.05, 0.1) is 5.69 Å². The molecule has 1 amide bonds. The average Bonchev–Trinajstić information content (AvgIpc) is 2.97. The molecule has 0 radical (unpaired) electrons. The number of benzene rings is 2. The molecule has 4 nitrogen and oxygen atoms in total. The second-order valence-corrected chi connectivity index (χ2v) is 7.29. The summed E-state index contributed by atoms with van der Waals surface area (Å²) in [5.41, 5.74) is 2.40. The zero-order valence-electron chi connectivity index (χ0n) is 14.2. The van der Waals surface area contributed by atoms with Crippen LogP contribution in [0.4, 0.5) is 9.52 Å². The Hall–Kier alpha value is -2.44. The lowest BCUT2D eigenvalue weighted by Crippen LogP contribution is -2.20. The first-order chi connectivity index (χ1) is 12.4. The fraction of sp³-hybridized carbons (Fsp3) is 0.158. The summed E-state index contributed by atoms with van der Waals surface area (Å²) in [5, 5.41) is 3.85. The highest BCUT2D eigenvalue weighted by atomic mass is 35.5. The van der Waals surface area contributed by atoms with Crippen molar-refractivity contribution in [1.82, 2.24) is 4.98 Å². The quantitative estimate of drug-likeness (QED) is 0.648. The number of carbonyl (C=O) groups is 1. The molecule has 1 aromatic heterocycles. The van der Waals surface area contributed by atoms with Crippen molar-refractivity contribution in [3.63, 3.8) is 0 Å². The van der Waals surface area contributed by atoms with Crippen molar-refractivity contribution in [2.75, 3.05) is 11.9 Å². The van der Waals surface area contributed by atoms with E-state index in [1.807, 2.05) is 13.8 Å². The van der Waals surface area contributed by atoms with Gasteiger partial charge in [-0.05, 0) is 61.9 Å². The van der Waals surface area contributed by atoms with E-state index in [0.717, 1.165) is 21.7 Å². The van der Waals surface area contributed by atoms with Crippen molar-refractivity contribution in [1.29, 1.82) is 0 Å². The summed E-state index contributed by atoms with van der Waals surface area (Å²) in [6, 6.07) is 11.3. The van der Waals surface area contributed by atoms with Crippen LogP contribution in [-0.4, -0.2) is 17.5 Å². The van der Waals surface area contributed by atoms with Gasteiger partial charge in [0.1, 0.15) is 11.6 Å². The van der Waals surface area contributed by atoms with Gasteiger partial charge in [0, 0.05) is 15.5 Å². The van der Waals surface area contributed by atoms with Crippen LogP contribution >= 0.6 is 22.9 Å². The first-order valence-electron chi connectivity index (χ1n) is 7.84. The van der Waals surface area contributed by atoms with Crippen molar-refractivity contribution >= 4 is 34.0 Å². The van der Waals surface area contributed by atoms with Crippen LogP contribution in [0.2, 0.25) is 5.02 Å². The Morgan fingerprint density at radius 3 is 2.65 bits per heavy atom. The Morgan fingerprint density at radius 2 is 1.96 bits per heavy atom. The van der Waals surface area contributed by atoms with E-state index in [2.05, 4.69) is 10.3 Å². The number of aromatic nitrogens is 1. The summed E-state index contributed by atoms with van der Waals surface area (Å²) >= 11 is 7.32. The van der Waals surface area contributed by atoms with E-state index in [1.54, 1.807) is 30.3 Å². The summed E-state index contributed by atoms with van der Waals surface area (Å²) in [6.45, 7) is 3.63. The molecule has 0 saturated carbocycles. The zero-order chi connectivity index (χ0) is 18.7. The second-order valence-electron chi connectivity index (χ2n) is 5.68. The second kappa shape index (κ2) is 7.85. The van der Waals surface area contributed by atoms with Crippen LogP contribution < -0.4 is 10.1 Å².